The highest BCUT2D eigenvalue weighted by Crippen LogP contribution is 2.30. The fourth-order valence-corrected chi connectivity index (χ4v) is 2.81. The van der Waals surface area contributed by atoms with Crippen LogP contribution in [-0.4, -0.2) is 34.3 Å². The van der Waals surface area contributed by atoms with Crippen molar-refractivity contribution in [1.29, 1.82) is 0 Å². The Balaban J connectivity index is 2.39. The molecule has 2 atom stereocenters. The summed E-state index contributed by atoms with van der Waals surface area (Å²) in [6.07, 6.45) is 0.411. The number of carbonyl (C=O) groups is 1. The van der Waals surface area contributed by atoms with Crippen LogP contribution in [-0.2, 0) is 17.4 Å². The molecule has 1 aliphatic rings. The monoisotopic (exact) mass is 266 g/mol. The zero-order valence-corrected chi connectivity index (χ0v) is 12.2. The third kappa shape index (κ3) is 2.03. The van der Waals surface area contributed by atoms with E-state index >= 15 is 0 Å². The van der Waals surface area contributed by atoms with E-state index in [1.807, 2.05) is 18.7 Å². The molecule has 2 rings (SSSR count). The van der Waals surface area contributed by atoms with E-state index in [4.69, 9.17) is 0 Å². The first-order valence-corrected chi connectivity index (χ1v) is 7.33. The van der Waals surface area contributed by atoms with E-state index in [0.717, 1.165) is 11.1 Å². The molecule has 1 aliphatic heterocycles. The van der Waals surface area contributed by atoms with Gasteiger partial charge in [-0.05, 0) is 19.7 Å². The highest BCUT2D eigenvalue weighted by Gasteiger charge is 2.39. The second kappa shape index (κ2) is 4.39. The Morgan fingerprint density at radius 2 is 2.22 bits per heavy atom. The van der Waals surface area contributed by atoms with Gasteiger partial charge in [0.2, 0.25) is 5.91 Å². The summed E-state index contributed by atoms with van der Waals surface area (Å²) in [7, 11) is 4.30. The lowest BCUT2D eigenvalue weighted by Gasteiger charge is -2.40. The Morgan fingerprint density at radius 3 is 2.72 bits per heavy atom. The highest BCUT2D eigenvalue weighted by atomic mass is 31.1. The van der Waals surface area contributed by atoms with Crippen molar-refractivity contribution in [3.8, 4) is 0 Å². The molecule has 1 amide bonds. The van der Waals surface area contributed by atoms with Gasteiger partial charge in [-0.25, -0.2) is 0 Å². The minimum absolute atomic E-state index is 0.0722. The van der Waals surface area contributed by atoms with Gasteiger partial charge < -0.3 is 10.2 Å². The molecule has 0 spiro atoms. The van der Waals surface area contributed by atoms with Crippen LogP contribution < -0.4 is 10.8 Å². The molecule has 5 nitrogen and oxygen atoms in total. The number of amides is 1. The maximum absolute atomic E-state index is 12.0. The summed E-state index contributed by atoms with van der Waals surface area (Å²) < 4.78 is 1.85. The summed E-state index contributed by atoms with van der Waals surface area (Å²) in [6, 6.07) is 2.07. The van der Waals surface area contributed by atoms with Crippen LogP contribution in [0.5, 0.6) is 0 Å². The molecule has 0 aromatic carbocycles. The molecule has 0 saturated carbocycles. The smallest absolute Gasteiger partial charge is 0.230 e. The van der Waals surface area contributed by atoms with E-state index < -0.39 is 5.54 Å². The Bertz CT molecular complexity index is 490. The second-order valence-corrected chi connectivity index (χ2v) is 5.83. The molecule has 2 heterocycles. The van der Waals surface area contributed by atoms with Crippen molar-refractivity contribution in [2.24, 2.45) is 7.05 Å². The van der Waals surface area contributed by atoms with Crippen molar-refractivity contribution in [2.75, 3.05) is 13.7 Å². The lowest BCUT2D eigenvalue weighted by Crippen LogP contribution is -2.53. The molecule has 1 aromatic heterocycles. The number of nitrogens with one attached hydrogen (secondary N) is 1. The van der Waals surface area contributed by atoms with Crippen LogP contribution in [0.25, 0.3) is 0 Å². The van der Waals surface area contributed by atoms with Crippen molar-refractivity contribution in [1.82, 2.24) is 20.0 Å². The van der Waals surface area contributed by atoms with Gasteiger partial charge in [0.05, 0.1) is 23.1 Å². The summed E-state index contributed by atoms with van der Waals surface area (Å²) >= 11 is 0. The number of carbonyl (C=O) groups excluding carboxylic acids is 1. The van der Waals surface area contributed by atoms with Crippen molar-refractivity contribution in [3.63, 3.8) is 0 Å². The molecule has 1 fully saturated rings. The lowest BCUT2D eigenvalue weighted by atomic mass is 9.90. The van der Waals surface area contributed by atoms with Crippen LogP contribution in [0.1, 0.15) is 19.0 Å². The Kier molecular flexibility index (Phi) is 3.20. The number of hydrogen-bond donors (Lipinski definition) is 1. The van der Waals surface area contributed by atoms with Crippen molar-refractivity contribution in [2.45, 2.75) is 18.9 Å². The standard InChI is InChI=1S/C12H19N4OP/c1-8-13-12(2,7-11(17)15(8)3)9-6-10(18-5)14-16(9)4/h6,13,18H,1,7H2,2-5H3/t12-/m0/s1. The SMILES string of the molecule is C=C1N[C@](C)(c2cc(PC)nn2C)CC(=O)N1C. The number of aromatic nitrogens is 2. The van der Waals surface area contributed by atoms with Crippen LogP contribution in [0.15, 0.2) is 18.5 Å². The summed E-state index contributed by atoms with van der Waals surface area (Å²) in [5.41, 5.74) is 1.65. The van der Waals surface area contributed by atoms with E-state index in [2.05, 4.69) is 29.7 Å². The van der Waals surface area contributed by atoms with Gasteiger partial charge in [0.25, 0.3) is 0 Å². The highest BCUT2D eigenvalue weighted by molar-refractivity contribution is 7.45. The fraction of sp³-hybridized carbons (Fsp3) is 0.500. The summed E-state index contributed by atoms with van der Waals surface area (Å²) in [5.74, 6) is 0.707. The minimum Gasteiger partial charge on any atom is -0.361 e. The maximum Gasteiger partial charge on any atom is 0.230 e. The van der Waals surface area contributed by atoms with E-state index in [9.17, 15) is 4.79 Å². The third-order valence-electron chi connectivity index (χ3n) is 3.41. The number of aryl methyl sites for hydroxylation is 1. The zero-order chi connectivity index (χ0) is 13.5. The third-order valence-corrected chi connectivity index (χ3v) is 4.16. The molecule has 6 heteroatoms. The summed E-state index contributed by atoms with van der Waals surface area (Å²) in [5, 5.41) is 7.77. The van der Waals surface area contributed by atoms with Gasteiger partial charge in [-0.3, -0.25) is 9.48 Å². The molecule has 1 unspecified atom stereocenters. The molecular formula is C12H19N4OP. The molecule has 0 aliphatic carbocycles. The van der Waals surface area contributed by atoms with Crippen molar-refractivity contribution >= 4 is 19.9 Å². The quantitative estimate of drug-likeness (QED) is 0.793. The maximum atomic E-state index is 12.0. The van der Waals surface area contributed by atoms with E-state index in [1.165, 1.54) is 0 Å². The zero-order valence-electron chi connectivity index (χ0n) is 11.2. The molecule has 0 bridgehead atoms. The van der Waals surface area contributed by atoms with Gasteiger partial charge in [0, 0.05) is 14.1 Å². The Hall–Kier alpha value is -1.35. The first-order chi connectivity index (χ1) is 8.37. The fourth-order valence-electron chi connectivity index (χ4n) is 2.28. The molecular weight excluding hydrogens is 247 g/mol. The van der Waals surface area contributed by atoms with E-state index in [1.54, 1.807) is 11.9 Å². The number of rotatable bonds is 2. The van der Waals surface area contributed by atoms with Gasteiger partial charge in [0.15, 0.2) is 0 Å². The Morgan fingerprint density at radius 1 is 1.56 bits per heavy atom. The predicted octanol–water partition coefficient (Wildman–Crippen LogP) is 0.492. The van der Waals surface area contributed by atoms with Gasteiger partial charge in [0.1, 0.15) is 5.82 Å². The number of hydrogen-bond acceptors (Lipinski definition) is 3. The second-order valence-electron chi connectivity index (χ2n) is 4.82. The van der Waals surface area contributed by atoms with Crippen LogP contribution >= 0.6 is 8.58 Å². The van der Waals surface area contributed by atoms with Crippen LogP contribution in [0.4, 0.5) is 0 Å². The largest absolute Gasteiger partial charge is 0.361 e. The van der Waals surface area contributed by atoms with Crippen molar-refractivity contribution in [3.05, 3.63) is 24.2 Å². The normalized spacial score (nSPS) is 25.0. The molecule has 98 valence electrons. The first kappa shape index (κ1) is 13.1. The Labute approximate surface area is 109 Å². The lowest BCUT2D eigenvalue weighted by molar-refractivity contribution is -0.132. The average Bonchev–Trinajstić information content (AvgIpc) is 2.68. The van der Waals surface area contributed by atoms with Crippen molar-refractivity contribution < 1.29 is 4.79 Å². The predicted molar refractivity (Wildman–Crippen MR) is 74.1 cm³/mol. The minimum atomic E-state index is -0.430. The van der Waals surface area contributed by atoms with Crippen LogP contribution in [0, 0.1) is 0 Å². The topological polar surface area (TPSA) is 50.2 Å². The van der Waals surface area contributed by atoms with E-state index in [-0.39, 0.29) is 5.91 Å². The molecule has 18 heavy (non-hydrogen) atoms. The van der Waals surface area contributed by atoms with Gasteiger partial charge in [-0.2, -0.15) is 5.10 Å². The summed E-state index contributed by atoms with van der Waals surface area (Å²) in [4.78, 5) is 13.5. The van der Waals surface area contributed by atoms with Gasteiger partial charge >= 0.3 is 0 Å². The first-order valence-electron chi connectivity index (χ1n) is 5.83. The summed E-state index contributed by atoms with van der Waals surface area (Å²) in [6.45, 7) is 8.00. The average molecular weight is 266 g/mol. The number of nitrogens with zero attached hydrogens (tertiary/aromatic N) is 3. The van der Waals surface area contributed by atoms with Crippen LogP contribution in [0.3, 0.4) is 0 Å². The molecule has 1 N–H and O–H groups in total. The molecule has 1 aromatic rings. The van der Waals surface area contributed by atoms with Gasteiger partial charge in [-0.15, -0.1) is 0 Å². The molecule has 1 saturated heterocycles. The van der Waals surface area contributed by atoms with Crippen LogP contribution in [0.2, 0.25) is 0 Å². The van der Waals surface area contributed by atoms with E-state index in [0.29, 0.717) is 20.8 Å². The molecule has 0 radical (unpaired) electrons. The van der Waals surface area contributed by atoms with Gasteiger partial charge in [-0.1, -0.05) is 15.2 Å².